The van der Waals surface area contributed by atoms with Gasteiger partial charge in [0.2, 0.25) is 0 Å². The Balaban J connectivity index is 4.16. The van der Waals surface area contributed by atoms with Crippen molar-refractivity contribution in [2.75, 3.05) is 6.54 Å². The Kier molecular flexibility index (Phi) is 6.57. The highest BCUT2D eigenvalue weighted by Gasteiger charge is 2.19. The zero-order valence-electron chi connectivity index (χ0n) is 10.7. The van der Waals surface area contributed by atoms with Crippen molar-refractivity contribution >= 4 is 5.97 Å². The molecule has 0 rings (SSSR count). The molecule has 0 spiro atoms. The van der Waals surface area contributed by atoms with E-state index < -0.39 is 5.97 Å². The molecule has 0 radical (unpaired) electrons. The van der Waals surface area contributed by atoms with E-state index in [0.717, 1.165) is 12.8 Å². The van der Waals surface area contributed by atoms with E-state index in [2.05, 4.69) is 34.6 Å². The second-order valence-corrected chi connectivity index (χ2v) is 4.98. The highest BCUT2D eigenvalue weighted by molar-refractivity contribution is 5.69. The van der Waals surface area contributed by atoms with Gasteiger partial charge in [0.15, 0.2) is 0 Å². The molecule has 0 aliphatic rings. The molecule has 3 heteroatoms. The molecule has 0 amide bonds. The number of carbonyl (C=O) groups is 1. The smallest absolute Gasteiger partial charge is 0.317 e. The van der Waals surface area contributed by atoms with Crippen molar-refractivity contribution < 1.29 is 9.90 Å². The lowest BCUT2D eigenvalue weighted by atomic mass is 10.0. The molecule has 0 aromatic carbocycles. The maximum atomic E-state index is 10.7. The first-order valence-electron chi connectivity index (χ1n) is 5.82. The summed E-state index contributed by atoms with van der Waals surface area (Å²) >= 11 is 0. The van der Waals surface area contributed by atoms with Gasteiger partial charge in [0.05, 0.1) is 6.54 Å². The standard InChI is InChI=1S/C12H25NO2/c1-9(2)6-7-11(5)13(10(3)4)8-12(14)15/h9-11H,6-8H2,1-5H3,(H,14,15). The molecule has 0 aliphatic carbocycles. The largest absolute Gasteiger partial charge is 0.480 e. The van der Waals surface area contributed by atoms with Crippen LogP contribution < -0.4 is 0 Å². The fraction of sp³-hybridized carbons (Fsp3) is 0.917. The van der Waals surface area contributed by atoms with Crippen molar-refractivity contribution in [3.63, 3.8) is 0 Å². The van der Waals surface area contributed by atoms with Crippen LogP contribution in [0.5, 0.6) is 0 Å². The van der Waals surface area contributed by atoms with Crippen molar-refractivity contribution in [2.24, 2.45) is 5.92 Å². The van der Waals surface area contributed by atoms with Gasteiger partial charge in [-0.1, -0.05) is 13.8 Å². The van der Waals surface area contributed by atoms with Crippen molar-refractivity contribution in [2.45, 2.75) is 59.5 Å². The van der Waals surface area contributed by atoms with Gasteiger partial charge in [-0.3, -0.25) is 9.69 Å². The number of nitrogens with zero attached hydrogens (tertiary/aromatic N) is 1. The van der Waals surface area contributed by atoms with Gasteiger partial charge in [0.25, 0.3) is 0 Å². The highest BCUT2D eigenvalue weighted by Crippen LogP contribution is 2.14. The van der Waals surface area contributed by atoms with Crippen LogP contribution in [0.4, 0.5) is 0 Å². The predicted octanol–water partition coefficient (Wildman–Crippen LogP) is 2.61. The minimum atomic E-state index is -0.736. The number of carboxylic acid groups (broad SMARTS) is 1. The van der Waals surface area contributed by atoms with E-state index >= 15 is 0 Å². The summed E-state index contributed by atoms with van der Waals surface area (Å²) in [5.74, 6) is -0.0496. The van der Waals surface area contributed by atoms with Crippen LogP contribution in [0.3, 0.4) is 0 Å². The van der Waals surface area contributed by atoms with E-state index in [9.17, 15) is 4.79 Å². The molecular weight excluding hydrogens is 190 g/mol. The van der Waals surface area contributed by atoms with Gasteiger partial charge in [-0.15, -0.1) is 0 Å². The fourth-order valence-corrected chi connectivity index (χ4v) is 1.74. The van der Waals surface area contributed by atoms with Crippen LogP contribution in [-0.2, 0) is 4.79 Å². The lowest BCUT2D eigenvalue weighted by Crippen LogP contribution is -2.42. The van der Waals surface area contributed by atoms with Crippen molar-refractivity contribution in [1.29, 1.82) is 0 Å². The molecule has 90 valence electrons. The summed E-state index contributed by atoms with van der Waals surface area (Å²) in [6.45, 7) is 10.8. The Morgan fingerprint density at radius 2 is 1.67 bits per heavy atom. The molecule has 0 aromatic heterocycles. The van der Waals surface area contributed by atoms with E-state index in [1.165, 1.54) is 0 Å². The van der Waals surface area contributed by atoms with Gasteiger partial charge in [0, 0.05) is 12.1 Å². The van der Waals surface area contributed by atoms with E-state index in [4.69, 9.17) is 5.11 Å². The Hall–Kier alpha value is -0.570. The maximum absolute atomic E-state index is 10.7. The number of carboxylic acids is 1. The molecule has 1 N–H and O–H groups in total. The topological polar surface area (TPSA) is 40.5 Å². The summed E-state index contributed by atoms with van der Waals surface area (Å²) in [4.78, 5) is 12.8. The molecule has 3 nitrogen and oxygen atoms in total. The van der Waals surface area contributed by atoms with Crippen LogP contribution >= 0.6 is 0 Å². The maximum Gasteiger partial charge on any atom is 0.317 e. The Morgan fingerprint density at radius 1 is 1.13 bits per heavy atom. The van der Waals surface area contributed by atoms with Crippen molar-refractivity contribution in [1.82, 2.24) is 4.90 Å². The van der Waals surface area contributed by atoms with E-state index in [-0.39, 0.29) is 6.54 Å². The number of hydrogen-bond acceptors (Lipinski definition) is 2. The zero-order chi connectivity index (χ0) is 12.0. The summed E-state index contributed by atoms with van der Waals surface area (Å²) in [6, 6.07) is 0.645. The molecule has 1 atom stereocenters. The first kappa shape index (κ1) is 14.4. The van der Waals surface area contributed by atoms with Crippen LogP contribution in [0.15, 0.2) is 0 Å². The van der Waals surface area contributed by atoms with E-state index in [0.29, 0.717) is 18.0 Å². The predicted molar refractivity (Wildman–Crippen MR) is 63.0 cm³/mol. The lowest BCUT2D eigenvalue weighted by Gasteiger charge is -2.31. The Labute approximate surface area is 93.5 Å². The first-order valence-corrected chi connectivity index (χ1v) is 5.82. The normalized spacial score (nSPS) is 13.9. The van der Waals surface area contributed by atoms with Gasteiger partial charge in [-0.25, -0.2) is 0 Å². The average Bonchev–Trinajstić information content (AvgIpc) is 2.09. The molecule has 15 heavy (non-hydrogen) atoms. The molecule has 0 bridgehead atoms. The van der Waals surface area contributed by atoms with Gasteiger partial charge < -0.3 is 5.11 Å². The van der Waals surface area contributed by atoms with E-state index in [1.807, 2.05) is 4.90 Å². The molecule has 0 fully saturated rings. The summed E-state index contributed by atoms with van der Waals surface area (Å²) < 4.78 is 0. The molecule has 0 aromatic rings. The summed E-state index contributed by atoms with van der Waals surface area (Å²) in [5.41, 5.74) is 0. The Bertz CT molecular complexity index is 190. The third-order valence-electron chi connectivity index (χ3n) is 2.71. The third kappa shape index (κ3) is 6.50. The summed E-state index contributed by atoms with van der Waals surface area (Å²) in [6.07, 6.45) is 2.23. The van der Waals surface area contributed by atoms with Crippen LogP contribution in [-0.4, -0.2) is 34.6 Å². The van der Waals surface area contributed by atoms with Crippen LogP contribution in [0.2, 0.25) is 0 Å². The molecule has 0 aliphatic heterocycles. The van der Waals surface area contributed by atoms with Gasteiger partial charge in [0.1, 0.15) is 0 Å². The summed E-state index contributed by atoms with van der Waals surface area (Å²) in [7, 11) is 0. The quantitative estimate of drug-likeness (QED) is 0.709. The van der Waals surface area contributed by atoms with Crippen LogP contribution in [0.1, 0.15) is 47.5 Å². The summed E-state index contributed by atoms with van der Waals surface area (Å²) in [5, 5.41) is 8.82. The number of aliphatic carboxylic acids is 1. The second kappa shape index (κ2) is 6.83. The van der Waals surface area contributed by atoms with Gasteiger partial charge in [-0.05, 0) is 39.5 Å². The molecule has 0 heterocycles. The molecule has 0 saturated heterocycles. The number of rotatable bonds is 7. The lowest BCUT2D eigenvalue weighted by molar-refractivity contribution is -0.139. The third-order valence-corrected chi connectivity index (χ3v) is 2.71. The fourth-order valence-electron chi connectivity index (χ4n) is 1.74. The minimum Gasteiger partial charge on any atom is -0.480 e. The highest BCUT2D eigenvalue weighted by atomic mass is 16.4. The molecule has 0 saturated carbocycles. The Morgan fingerprint density at radius 3 is 2.00 bits per heavy atom. The van der Waals surface area contributed by atoms with Gasteiger partial charge in [-0.2, -0.15) is 0 Å². The zero-order valence-corrected chi connectivity index (χ0v) is 10.7. The van der Waals surface area contributed by atoms with Crippen molar-refractivity contribution in [3.8, 4) is 0 Å². The van der Waals surface area contributed by atoms with Crippen LogP contribution in [0.25, 0.3) is 0 Å². The van der Waals surface area contributed by atoms with Crippen LogP contribution in [0, 0.1) is 5.92 Å². The molecular formula is C12H25NO2. The average molecular weight is 215 g/mol. The monoisotopic (exact) mass is 215 g/mol. The van der Waals surface area contributed by atoms with Gasteiger partial charge >= 0.3 is 5.97 Å². The molecule has 1 unspecified atom stereocenters. The number of hydrogen-bond donors (Lipinski definition) is 1. The SMILES string of the molecule is CC(C)CCC(C)N(CC(=O)O)C(C)C. The van der Waals surface area contributed by atoms with Crippen molar-refractivity contribution in [3.05, 3.63) is 0 Å². The minimum absolute atomic E-state index is 0.150. The van der Waals surface area contributed by atoms with E-state index in [1.54, 1.807) is 0 Å². The second-order valence-electron chi connectivity index (χ2n) is 4.98. The first-order chi connectivity index (χ1) is 6.84.